The van der Waals surface area contributed by atoms with E-state index in [1.54, 1.807) is 29.8 Å². The van der Waals surface area contributed by atoms with Crippen LogP contribution in [0.3, 0.4) is 0 Å². The number of methoxy groups -OCH3 is 1. The highest BCUT2D eigenvalue weighted by Crippen LogP contribution is 2.39. The van der Waals surface area contributed by atoms with Crippen molar-refractivity contribution in [2.24, 2.45) is 0 Å². The van der Waals surface area contributed by atoms with Crippen LogP contribution < -0.4 is 10.1 Å². The second-order valence-corrected chi connectivity index (χ2v) is 7.03. The minimum absolute atomic E-state index is 0.208. The van der Waals surface area contributed by atoms with Crippen molar-refractivity contribution in [2.45, 2.75) is 13.0 Å². The minimum atomic E-state index is 0.208. The van der Waals surface area contributed by atoms with E-state index in [4.69, 9.17) is 4.74 Å². The van der Waals surface area contributed by atoms with Crippen LogP contribution in [-0.2, 0) is 0 Å². The summed E-state index contributed by atoms with van der Waals surface area (Å²) >= 11 is 7.07. The SMILES string of the molecule is CNC(c1cc(C)c(Br)s1)c1sccc1OC. The van der Waals surface area contributed by atoms with Crippen molar-refractivity contribution in [3.05, 3.63) is 36.6 Å². The second kappa shape index (κ2) is 5.52. The molecule has 2 aromatic heterocycles. The molecule has 0 aliphatic rings. The molecule has 1 N–H and O–H groups in total. The molecule has 0 radical (unpaired) electrons. The number of hydrogen-bond donors (Lipinski definition) is 1. The molecule has 17 heavy (non-hydrogen) atoms. The first kappa shape index (κ1) is 13.1. The first-order valence-corrected chi connectivity index (χ1v) is 7.70. The Bertz CT molecular complexity index is 487. The van der Waals surface area contributed by atoms with Gasteiger partial charge in [-0.05, 0) is 53.0 Å². The fourth-order valence-electron chi connectivity index (χ4n) is 1.72. The summed E-state index contributed by atoms with van der Waals surface area (Å²) in [4.78, 5) is 2.53. The molecule has 0 bridgehead atoms. The summed E-state index contributed by atoms with van der Waals surface area (Å²) in [5.74, 6) is 0.955. The molecule has 0 saturated carbocycles. The van der Waals surface area contributed by atoms with E-state index in [0.29, 0.717) is 0 Å². The normalized spacial score (nSPS) is 12.7. The Kier molecular flexibility index (Phi) is 4.25. The van der Waals surface area contributed by atoms with E-state index < -0.39 is 0 Å². The zero-order valence-corrected chi connectivity index (χ0v) is 13.1. The number of hydrogen-bond acceptors (Lipinski definition) is 4. The van der Waals surface area contributed by atoms with Gasteiger partial charge in [0.15, 0.2) is 0 Å². The summed E-state index contributed by atoms with van der Waals surface area (Å²) in [7, 11) is 3.70. The molecule has 0 aromatic carbocycles. The molecule has 1 unspecified atom stereocenters. The third-order valence-corrected chi connectivity index (χ3v) is 5.75. The molecule has 2 aromatic rings. The molecule has 0 aliphatic heterocycles. The number of thiophene rings is 2. The maximum Gasteiger partial charge on any atom is 0.134 e. The van der Waals surface area contributed by atoms with E-state index in [2.05, 4.69) is 39.6 Å². The maximum absolute atomic E-state index is 5.39. The predicted octanol–water partition coefficient (Wildman–Crippen LogP) is 4.20. The quantitative estimate of drug-likeness (QED) is 0.906. The Morgan fingerprint density at radius 2 is 2.24 bits per heavy atom. The number of ether oxygens (including phenoxy) is 1. The van der Waals surface area contributed by atoms with Crippen molar-refractivity contribution in [1.82, 2.24) is 5.32 Å². The lowest BCUT2D eigenvalue weighted by atomic mass is 10.2. The molecular weight excluding hydrogens is 318 g/mol. The van der Waals surface area contributed by atoms with E-state index in [1.165, 1.54) is 19.1 Å². The van der Waals surface area contributed by atoms with Gasteiger partial charge in [0, 0.05) is 4.88 Å². The third-order valence-electron chi connectivity index (χ3n) is 2.59. The molecule has 0 spiro atoms. The first-order valence-electron chi connectivity index (χ1n) is 5.21. The van der Waals surface area contributed by atoms with Crippen molar-refractivity contribution in [3.63, 3.8) is 0 Å². The van der Waals surface area contributed by atoms with Gasteiger partial charge in [0.25, 0.3) is 0 Å². The largest absolute Gasteiger partial charge is 0.496 e. The van der Waals surface area contributed by atoms with E-state index in [0.717, 1.165) is 5.75 Å². The van der Waals surface area contributed by atoms with Gasteiger partial charge in [-0.2, -0.15) is 0 Å². The van der Waals surface area contributed by atoms with Gasteiger partial charge in [-0.25, -0.2) is 0 Å². The van der Waals surface area contributed by atoms with Crippen molar-refractivity contribution in [3.8, 4) is 5.75 Å². The number of halogens is 1. The van der Waals surface area contributed by atoms with Crippen molar-refractivity contribution < 1.29 is 4.74 Å². The highest BCUT2D eigenvalue weighted by molar-refractivity contribution is 9.11. The summed E-state index contributed by atoms with van der Waals surface area (Å²) in [6.45, 7) is 2.11. The Morgan fingerprint density at radius 1 is 1.47 bits per heavy atom. The summed E-state index contributed by atoms with van der Waals surface area (Å²) in [5.41, 5.74) is 1.28. The van der Waals surface area contributed by atoms with Crippen molar-refractivity contribution in [2.75, 3.05) is 14.2 Å². The summed E-state index contributed by atoms with van der Waals surface area (Å²) < 4.78 is 6.59. The van der Waals surface area contributed by atoms with Crippen LogP contribution in [0.2, 0.25) is 0 Å². The Morgan fingerprint density at radius 3 is 2.76 bits per heavy atom. The molecule has 0 fully saturated rings. The third kappa shape index (κ3) is 2.57. The second-order valence-electron chi connectivity index (χ2n) is 3.68. The highest BCUT2D eigenvalue weighted by Gasteiger charge is 2.20. The van der Waals surface area contributed by atoms with Gasteiger partial charge < -0.3 is 10.1 Å². The van der Waals surface area contributed by atoms with Crippen LogP contribution in [0.15, 0.2) is 21.3 Å². The minimum Gasteiger partial charge on any atom is -0.496 e. The fraction of sp³-hybridized carbons (Fsp3) is 0.333. The maximum atomic E-state index is 5.39. The van der Waals surface area contributed by atoms with Crippen LogP contribution in [0, 0.1) is 6.92 Å². The van der Waals surface area contributed by atoms with E-state index in [1.807, 2.05) is 13.1 Å². The first-order chi connectivity index (χ1) is 8.17. The smallest absolute Gasteiger partial charge is 0.134 e. The molecule has 92 valence electrons. The average Bonchev–Trinajstić information content (AvgIpc) is 2.89. The van der Waals surface area contributed by atoms with Gasteiger partial charge in [-0.15, -0.1) is 22.7 Å². The number of aryl methyl sites for hydroxylation is 1. The topological polar surface area (TPSA) is 21.3 Å². The van der Waals surface area contributed by atoms with Crippen LogP contribution in [-0.4, -0.2) is 14.2 Å². The highest BCUT2D eigenvalue weighted by atomic mass is 79.9. The average molecular weight is 332 g/mol. The molecule has 2 rings (SSSR count). The Balaban J connectivity index is 2.40. The lowest BCUT2D eigenvalue weighted by Crippen LogP contribution is -2.15. The molecule has 2 heterocycles. The van der Waals surface area contributed by atoms with Gasteiger partial charge in [-0.1, -0.05) is 0 Å². The van der Waals surface area contributed by atoms with Gasteiger partial charge in [0.2, 0.25) is 0 Å². The van der Waals surface area contributed by atoms with Crippen LogP contribution in [0.25, 0.3) is 0 Å². The van der Waals surface area contributed by atoms with Crippen LogP contribution in [0.4, 0.5) is 0 Å². The van der Waals surface area contributed by atoms with Crippen molar-refractivity contribution >= 4 is 38.6 Å². The molecule has 2 nitrogen and oxygen atoms in total. The van der Waals surface area contributed by atoms with Gasteiger partial charge in [0.05, 0.1) is 21.8 Å². The molecule has 1 atom stereocenters. The Hall–Kier alpha value is -0.360. The number of rotatable bonds is 4. The van der Waals surface area contributed by atoms with Crippen LogP contribution >= 0.6 is 38.6 Å². The molecular formula is C12H14BrNOS2. The lowest BCUT2D eigenvalue weighted by molar-refractivity contribution is 0.409. The predicted molar refractivity (Wildman–Crippen MR) is 78.5 cm³/mol. The van der Waals surface area contributed by atoms with E-state index >= 15 is 0 Å². The zero-order valence-electron chi connectivity index (χ0n) is 9.91. The van der Waals surface area contributed by atoms with Gasteiger partial charge >= 0.3 is 0 Å². The molecule has 0 amide bonds. The Labute approximate surface area is 118 Å². The molecule has 0 aliphatic carbocycles. The van der Waals surface area contributed by atoms with E-state index in [9.17, 15) is 0 Å². The van der Waals surface area contributed by atoms with Crippen molar-refractivity contribution in [1.29, 1.82) is 0 Å². The summed E-state index contributed by atoms with van der Waals surface area (Å²) in [6, 6.07) is 4.44. The standard InChI is InChI=1S/C12H14BrNOS2/c1-7-6-9(17-12(7)13)10(14-2)11-8(15-3)4-5-16-11/h4-6,10,14H,1-3H3. The summed E-state index contributed by atoms with van der Waals surface area (Å²) in [6.07, 6.45) is 0. The zero-order chi connectivity index (χ0) is 12.4. The van der Waals surface area contributed by atoms with E-state index in [-0.39, 0.29) is 6.04 Å². The monoisotopic (exact) mass is 331 g/mol. The lowest BCUT2D eigenvalue weighted by Gasteiger charge is -2.14. The molecule has 0 saturated heterocycles. The van der Waals surface area contributed by atoms with Crippen LogP contribution in [0.5, 0.6) is 5.75 Å². The van der Waals surface area contributed by atoms with Gasteiger partial charge in [-0.3, -0.25) is 0 Å². The van der Waals surface area contributed by atoms with Crippen LogP contribution in [0.1, 0.15) is 21.4 Å². The summed E-state index contributed by atoms with van der Waals surface area (Å²) in [5, 5.41) is 5.42. The number of nitrogens with one attached hydrogen (secondary N) is 1. The van der Waals surface area contributed by atoms with Gasteiger partial charge in [0.1, 0.15) is 5.75 Å². The fourth-order valence-corrected chi connectivity index (χ4v) is 4.47. The molecule has 5 heteroatoms.